The van der Waals surface area contributed by atoms with Crippen LogP contribution in [0.3, 0.4) is 0 Å². The number of halogens is 1. The van der Waals surface area contributed by atoms with Crippen LogP contribution in [0.25, 0.3) is 0 Å². The number of hydrogen-bond acceptors (Lipinski definition) is 0. The largest absolute Gasteiger partial charge is 0.126 e. The fourth-order valence-corrected chi connectivity index (χ4v) is 4.60. The van der Waals surface area contributed by atoms with Gasteiger partial charge in [0.1, 0.15) is 0 Å². The summed E-state index contributed by atoms with van der Waals surface area (Å²) >= 11 is 6.36. The van der Waals surface area contributed by atoms with Crippen molar-refractivity contribution in [3.05, 3.63) is 35.4 Å². The van der Waals surface area contributed by atoms with Gasteiger partial charge in [0.15, 0.2) is 0 Å². The van der Waals surface area contributed by atoms with E-state index >= 15 is 0 Å². The van der Waals surface area contributed by atoms with Crippen molar-refractivity contribution in [2.24, 2.45) is 17.3 Å². The van der Waals surface area contributed by atoms with Crippen LogP contribution in [0.1, 0.15) is 36.8 Å². The number of aryl methyl sites for hydroxylation is 1. The van der Waals surface area contributed by atoms with Gasteiger partial charge in [0.2, 0.25) is 0 Å². The summed E-state index contributed by atoms with van der Waals surface area (Å²) in [6, 6.07) is 8.81. The van der Waals surface area contributed by atoms with Gasteiger partial charge in [-0.25, -0.2) is 0 Å². The second-order valence-electron chi connectivity index (χ2n) is 6.18. The summed E-state index contributed by atoms with van der Waals surface area (Å²) in [4.78, 5) is 0. The molecule has 0 aromatic heterocycles. The van der Waals surface area contributed by atoms with E-state index in [0.717, 1.165) is 17.7 Å². The van der Waals surface area contributed by atoms with Crippen molar-refractivity contribution in [3.63, 3.8) is 0 Å². The maximum absolute atomic E-state index is 6.36. The van der Waals surface area contributed by atoms with Crippen LogP contribution in [0.2, 0.25) is 0 Å². The minimum atomic E-state index is 0.413. The molecule has 2 aliphatic rings. The maximum atomic E-state index is 6.36. The Morgan fingerprint density at radius 2 is 2.12 bits per heavy atom. The molecule has 1 heteroatoms. The van der Waals surface area contributed by atoms with Crippen molar-refractivity contribution >= 4 is 11.6 Å². The lowest BCUT2D eigenvalue weighted by molar-refractivity contribution is 0.193. The van der Waals surface area contributed by atoms with Crippen LogP contribution < -0.4 is 0 Å². The molecule has 3 unspecified atom stereocenters. The van der Waals surface area contributed by atoms with Crippen LogP contribution in [0.15, 0.2) is 24.3 Å². The summed E-state index contributed by atoms with van der Waals surface area (Å²) in [6.45, 7) is 2.23. The molecule has 1 aromatic rings. The fraction of sp³-hybridized carbons (Fsp3) is 0.625. The van der Waals surface area contributed by atoms with Crippen LogP contribution in [0.4, 0.5) is 0 Å². The highest BCUT2D eigenvalue weighted by atomic mass is 35.5. The Bertz CT molecular complexity index is 412. The van der Waals surface area contributed by atoms with E-state index in [2.05, 4.69) is 31.2 Å². The van der Waals surface area contributed by atoms with Gasteiger partial charge in [-0.15, -0.1) is 11.6 Å². The van der Waals surface area contributed by atoms with E-state index in [4.69, 9.17) is 11.6 Å². The molecule has 0 heterocycles. The van der Waals surface area contributed by atoms with E-state index in [0.29, 0.717) is 5.41 Å². The summed E-state index contributed by atoms with van der Waals surface area (Å²) in [5.74, 6) is 2.72. The normalized spacial score (nSPS) is 35.4. The van der Waals surface area contributed by atoms with E-state index in [-0.39, 0.29) is 0 Å². The van der Waals surface area contributed by atoms with E-state index in [1.54, 1.807) is 0 Å². The highest BCUT2D eigenvalue weighted by Gasteiger charge is 2.50. The highest BCUT2D eigenvalue weighted by Crippen LogP contribution is 2.57. The van der Waals surface area contributed by atoms with Gasteiger partial charge in [0.05, 0.1) is 0 Å². The molecule has 0 saturated heterocycles. The molecule has 0 N–H and O–H groups in total. The van der Waals surface area contributed by atoms with Crippen molar-refractivity contribution in [1.82, 2.24) is 0 Å². The summed E-state index contributed by atoms with van der Waals surface area (Å²) in [5, 5.41) is 0. The van der Waals surface area contributed by atoms with Gasteiger partial charge in [0, 0.05) is 5.88 Å². The minimum Gasteiger partial charge on any atom is -0.126 e. The lowest BCUT2D eigenvalue weighted by atomic mass is 9.70. The van der Waals surface area contributed by atoms with Gasteiger partial charge in [-0.05, 0) is 61.0 Å². The first-order chi connectivity index (χ1) is 8.23. The third-order valence-corrected chi connectivity index (χ3v) is 5.70. The smallest absolute Gasteiger partial charge is 0.0285 e. The predicted molar refractivity (Wildman–Crippen MR) is 73.5 cm³/mol. The topological polar surface area (TPSA) is 0 Å². The Kier molecular flexibility index (Phi) is 2.94. The summed E-state index contributed by atoms with van der Waals surface area (Å²) in [7, 11) is 0. The molecule has 0 spiro atoms. The van der Waals surface area contributed by atoms with Gasteiger partial charge in [-0.3, -0.25) is 0 Å². The average Bonchev–Trinajstić information content (AvgIpc) is 2.93. The standard InChI is InChI=1S/C16H21Cl/c1-12-4-2-3-5-14(12)10-16(11-17)9-13-6-7-15(16)8-13/h2-5,13,15H,6-11H2,1H3. The second kappa shape index (κ2) is 4.31. The van der Waals surface area contributed by atoms with Gasteiger partial charge in [0.25, 0.3) is 0 Å². The first-order valence-corrected chi connectivity index (χ1v) is 7.37. The van der Waals surface area contributed by atoms with Gasteiger partial charge < -0.3 is 0 Å². The molecule has 0 aliphatic heterocycles. The molecule has 2 bridgehead atoms. The Hall–Kier alpha value is -0.490. The zero-order valence-corrected chi connectivity index (χ0v) is 11.3. The van der Waals surface area contributed by atoms with Gasteiger partial charge in [-0.2, -0.15) is 0 Å². The molecule has 2 aliphatic carbocycles. The van der Waals surface area contributed by atoms with E-state index in [9.17, 15) is 0 Å². The highest BCUT2D eigenvalue weighted by molar-refractivity contribution is 6.18. The molecule has 17 heavy (non-hydrogen) atoms. The van der Waals surface area contributed by atoms with Crippen LogP contribution in [0, 0.1) is 24.2 Å². The first-order valence-electron chi connectivity index (χ1n) is 6.84. The lowest BCUT2D eigenvalue weighted by Crippen LogP contribution is -2.32. The summed E-state index contributed by atoms with van der Waals surface area (Å²) in [5.41, 5.74) is 3.36. The number of hydrogen-bond donors (Lipinski definition) is 0. The maximum Gasteiger partial charge on any atom is 0.0285 e. The molecule has 0 amide bonds. The second-order valence-corrected chi connectivity index (χ2v) is 6.45. The molecule has 1 aromatic carbocycles. The number of alkyl halides is 1. The molecule has 3 rings (SSSR count). The molecule has 0 radical (unpaired) electrons. The molecular weight excluding hydrogens is 228 g/mol. The summed E-state index contributed by atoms with van der Waals surface area (Å²) < 4.78 is 0. The van der Waals surface area contributed by atoms with Crippen molar-refractivity contribution < 1.29 is 0 Å². The monoisotopic (exact) mass is 248 g/mol. The first kappa shape index (κ1) is 11.6. The Labute approximate surface area is 109 Å². The van der Waals surface area contributed by atoms with E-state index in [1.165, 1.54) is 43.2 Å². The van der Waals surface area contributed by atoms with Crippen LogP contribution in [-0.4, -0.2) is 5.88 Å². The number of benzene rings is 1. The zero-order valence-electron chi connectivity index (χ0n) is 10.6. The number of fused-ring (bicyclic) bond motifs is 2. The zero-order chi connectivity index (χ0) is 11.9. The van der Waals surface area contributed by atoms with Crippen LogP contribution in [0.5, 0.6) is 0 Å². The van der Waals surface area contributed by atoms with Gasteiger partial charge >= 0.3 is 0 Å². The third-order valence-electron chi connectivity index (χ3n) is 5.17. The van der Waals surface area contributed by atoms with Crippen molar-refractivity contribution in [2.45, 2.75) is 39.0 Å². The Morgan fingerprint density at radius 1 is 1.29 bits per heavy atom. The van der Waals surface area contributed by atoms with Gasteiger partial charge in [-0.1, -0.05) is 30.7 Å². The quantitative estimate of drug-likeness (QED) is 0.687. The molecular formula is C16H21Cl. The molecule has 3 atom stereocenters. The number of rotatable bonds is 3. The fourth-order valence-electron chi connectivity index (χ4n) is 4.17. The predicted octanol–water partition coefficient (Wildman–Crippen LogP) is 4.58. The van der Waals surface area contributed by atoms with E-state index in [1.807, 2.05) is 0 Å². The van der Waals surface area contributed by atoms with Crippen molar-refractivity contribution in [1.29, 1.82) is 0 Å². The Morgan fingerprint density at radius 3 is 2.71 bits per heavy atom. The molecule has 2 saturated carbocycles. The van der Waals surface area contributed by atoms with Crippen molar-refractivity contribution in [2.75, 3.05) is 5.88 Å². The summed E-state index contributed by atoms with van der Waals surface area (Å²) in [6.07, 6.45) is 6.89. The van der Waals surface area contributed by atoms with Crippen LogP contribution in [-0.2, 0) is 6.42 Å². The lowest BCUT2D eigenvalue weighted by Gasteiger charge is -2.36. The minimum absolute atomic E-state index is 0.413. The molecule has 0 nitrogen and oxygen atoms in total. The molecule has 92 valence electrons. The molecule has 2 fully saturated rings. The van der Waals surface area contributed by atoms with Crippen LogP contribution >= 0.6 is 11.6 Å². The van der Waals surface area contributed by atoms with Crippen molar-refractivity contribution in [3.8, 4) is 0 Å². The SMILES string of the molecule is Cc1ccccc1CC1(CCl)CC2CCC1C2. The third kappa shape index (κ3) is 1.91. The van der Waals surface area contributed by atoms with E-state index < -0.39 is 0 Å². The Balaban J connectivity index is 1.86. The average molecular weight is 249 g/mol.